The van der Waals surface area contributed by atoms with Crippen LogP contribution in [0.4, 0.5) is 0 Å². The third-order valence-electron chi connectivity index (χ3n) is 4.39. The lowest BCUT2D eigenvalue weighted by molar-refractivity contribution is -0.0346. The molecule has 0 aliphatic carbocycles. The summed E-state index contributed by atoms with van der Waals surface area (Å²) in [6.45, 7) is 1.39. The van der Waals surface area contributed by atoms with Gasteiger partial charge in [-0.25, -0.2) is 4.98 Å². The van der Waals surface area contributed by atoms with E-state index in [0.29, 0.717) is 32.0 Å². The van der Waals surface area contributed by atoms with Crippen LogP contribution in [0.15, 0.2) is 24.4 Å². The van der Waals surface area contributed by atoms with Crippen molar-refractivity contribution in [2.75, 3.05) is 33.8 Å². The summed E-state index contributed by atoms with van der Waals surface area (Å²) in [7, 11) is -0.297. The van der Waals surface area contributed by atoms with Crippen molar-refractivity contribution in [3.05, 3.63) is 24.4 Å². The average Bonchev–Trinajstić information content (AvgIpc) is 2.90. The minimum Gasteiger partial charge on any atom is -0.472 e. The molecule has 3 heterocycles. The highest BCUT2D eigenvalue weighted by molar-refractivity contribution is 7.86. The fourth-order valence-corrected chi connectivity index (χ4v) is 4.46. The molecule has 0 aromatic carbocycles. The van der Waals surface area contributed by atoms with Crippen LogP contribution in [0.2, 0.25) is 0 Å². The van der Waals surface area contributed by atoms with Crippen LogP contribution in [-0.4, -0.2) is 67.5 Å². The predicted octanol–water partition coefficient (Wildman–Crippen LogP) is 0.890. The zero-order valence-corrected chi connectivity index (χ0v) is 14.3. The molecule has 8 heteroatoms. The van der Waals surface area contributed by atoms with Gasteiger partial charge in [-0.2, -0.15) is 17.0 Å². The first-order valence-corrected chi connectivity index (χ1v) is 9.20. The zero-order valence-electron chi connectivity index (χ0n) is 13.5. The van der Waals surface area contributed by atoms with Gasteiger partial charge >= 0.3 is 0 Å². The Balaban J connectivity index is 1.67. The molecule has 2 fully saturated rings. The van der Waals surface area contributed by atoms with Crippen LogP contribution in [0.3, 0.4) is 0 Å². The summed E-state index contributed by atoms with van der Waals surface area (Å²) in [6, 6.07) is 5.53. The van der Waals surface area contributed by atoms with E-state index >= 15 is 0 Å². The van der Waals surface area contributed by atoms with E-state index in [1.54, 1.807) is 20.3 Å². The molecule has 2 saturated heterocycles. The van der Waals surface area contributed by atoms with Crippen molar-refractivity contribution in [3.8, 4) is 5.88 Å². The molecular weight excluding hydrogens is 318 g/mol. The van der Waals surface area contributed by atoms with Crippen molar-refractivity contribution in [3.63, 3.8) is 0 Å². The molecule has 23 heavy (non-hydrogen) atoms. The quantitative estimate of drug-likeness (QED) is 0.813. The maximum absolute atomic E-state index is 12.4. The van der Waals surface area contributed by atoms with E-state index in [-0.39, 0.29) is 6.10 Å². The van der Waals surface area contributed by atoms with E-state index in [9.17, 15) is 8.42 Å². The highest BCUT2D eigenvalue weighted by Crippen LogP contribution is 2.37. The van der Waals surface area contributed by atoms with E-state index in [0.717, 1.165) is 12.8 Å². The van der Waals surface area contributed by atoms with Crippen molar-refractivity contribution < 1.29 is 17.9 Å². The monoisotopic (exact) mass is 341 g/mol. The van der Waals surface area contributed by atoms with Gasteiger partial charge in [-0.05, 0) is 18.9 Å². The summed E-state index contributed by atoms with van der Waals surface area (Å²) in [5.41, 5.74) is -0.444. The number of piperidine rings is 1. The molecular formula is C15H23N3O4S. The van der Waals surface area contributed by atoms with Crippen molar-refractivity contribution in [1.29, 1.82) is 0 Å². The van der Waals surface area contributed by atoms with Gasteiger partial charge in [-0.15, -0.1) is 0 Å². The lowest BCUT2D eigenvalue weighted by Crippen LogP contribution is -2.52. The van der Waals surface area contributed by atoms with E-state index in [1.807, 2.05) is 18.2 Å². The van der Waals surface area contributed by atoms with Gasteiger partial charge in [0.05, 0.1) is 12.2 Å². The maximum Gasteiger partial charge on any atom is 0.281 e. The number of hydrogen-bond donors (Lipinski definition) is 0. The van der Waals surface area contributed by atoms with Crippen LogP contribution in [0.1, 0.15) is 19.3 Å². The Kier molecular flexibility index (Phi) is 4.59. The molecule has 0 amide bonds. The van der Waals surface area contributed by atoms with Gasteiger partial charge in [-0.1, -0.05) is 6.07 Å². The Morgan fingerprint density at radius 2 is 2.26 bits per heavy atom. The van der Waals surface area contributed by atoms with Gasteiger partial charge in [0.25, 0.3) is 10.2 Å². The van der Waals surface area contributed by atoms with E-state index in [4.69, 9.17) is 9.47 Å². The summed E-state index contributed by atoms with van der Waals surface area (Å²) in [4.78, 5) is 4.16. The molecule has 0 saturated carbocycles. The van der Waals surface area contributed by atoms with Crippen molar-refractivity contribution in [2.24, 2.45) is 0 Å². The highest BCUT2D eigenvalue weighted by atomic mass is 32.2. The van der Waals surface area contributed by atoms with Gasteiger partial charge in [0.1, 0.15) is 6.10 Å². The summed E-state index contributed by atoms with van der Waals surface area (Å²) in [5, 5.41) is 0. The summed E-state index contributed by atoms with van der Waals surface area (Å²) < 4.78 is 39.3. The second-order valence-corrected chi connectivity index (χ2v) is 8.48. The lowest BCUT2D eigenvalue weighted by atomic mass is 9.90. The van der Waals surface area contributed by atoms with Crippen LogP contribution in [0.5, 0.6) is 5.88 Å². The largest absolute Gasteiger partial charge is 0.472 e. The maximum atomic E-state index is 12.4. The summed E-state index contributed by atoms with van der Waals surface area (Å²) in [6.07, 6.45) is 3.93. The van der Waals surface area contributed by atoms with Gasteiger partial charge in [0, 0.05) is 45.9 Å². The van der Waals surface area contributed by atoms with Crippen LogP contribution in [-0.2, 0) is 14.9 Å². The first kappa shape index (κ1) is 16.6. The normalized spacial score (nSPS) is 29.3. The minimum absolute atomic E-state index is 0.0908. The van der Waals surface area contributed by atoms with Gasteiger partial charge < -0.3 is 9.47 Å². The first-order valence-electron chi connectivity index (χ1n) is 7.81. The third-order valence-corrected chi connectivity index (χ3v) is 6.28. The Morgan fingerprint density at radius 1 is 1.43 bits per heavy atom. The molecule has 2 atom stereocenters. The van der Waals surface area contributed by atoms with Crippen LogP contribution in [0.25, 0.3) is 0 Å². The van der Waals surface area contributed by atoms with E-state index in [2.05, 4.69) is 4.98 Å². The number of nitrogens with zero attached hydrogens (tertiary/aromatic N) is 3. The van der Waals surface area contributed by atoms with Crippen LogP contribution >= 0.6 is 0 Å². The molecule has 0 N–H and O–H groups in total. The Morgan fingerprint density at radius 3 is 2.96 bits per heavy atom. The topological polar surface area (TPSA) is 72.0 Å². The van der Waals surface area contributed by atoms with Crippen molar-refractivity contribution in [2.45, 2.75) is 31.0 Å². The molecule has 0 unspecified atom stereocenters. The molecule has 3 rings (SSSR count). The molecule has 1 aromatic heterocycles. The van der Waals surface area contributed by atoms with Gasteiger partial charge in [0.2, 0.25) is 5.88 Å². The zero-order chi connectivity index (χ0) is 16.5. The lowest BCUT2D eigenvalue weighted by Gasteiger charge is -2.39. The standard InChI is InChI=1S/C15H23N3O4S/c1-17(2)23(19,20)18-9-5-7-15(12-18)10-13(11-21-15)22-14-6-3-4-8-16-14/h3-4,6,8,13H,5,7,9-12H2,1-2H3/t13-,15+/m1/s1. The Hall–Kier alpha value is -1.22. The third kappa shape index (κ3) is 3.50. The summed E-state index contributed by atoms with van der Waals surface area (Å²) in [5.74, 6) is 0.576. The van der Waals surface area contributed by atoms with Gasteiger partial charge in [0.15, 0.2) is 0 Å². The molecule has 0 bridgehead atoms. The molecule has 1 spiro atoms. The highest BCUT2D eigenvalue weighted by Gasteiger charge is 2.47. The van der Waals surface area contributed by atoms with E-state index < -0.39 is 15.8 Å². The molecule has 128 valence electrons. The molecule has 7 nitrogen and oxygen atoms in total. The van der Waals surface area contributed by atoms with Crippen LogP contribution < -0.4 is 4.74 Å². The number of rotatable bonds is 4. The second kappa shape index (κ2) is 6.35. The Labute approximate surface area is 137 Å². The SMILES string of the molecule is CN(C)S(=O)(=O)N1CCC[C@]2(C[C@@H](Oc3ccccn3)CO2)C1. The van der Waals surface area contributed by atoms with E-state index in [1.165, 1.54) is 8.61 Å². The number of hydrogen-bond acceptors (Lipinski definition) is 5. The number of pyridine rings is 1. The number of aromatic nitrogens is 1. The fraction of sp³-hybridized carbons (Fsp3) is 0.667. The smallest absolute Gasteiger partial charge is 0.281 e. The number of ether oxygens (including phenoxy) is 2. The van der Waals surface area contributed by atoms with Gasteiger partial charge in [-0.3, -0.25) is 0 Å². The van der Waals surface area contributed by atoms with Crippen molar-refractivity contribution >= 4 is 10.2 Å². The minimum atomic E-state index is -3.41. The molecule has 1 aromatic rings. The molecule has 0 radical (unpaired) electrons. The Bertz CT molecular complexity index is 637. The second-order valence-electron chi connectivity index (χ2n) is 6.33. The predicted molar refractivity (Wildman–Crippen MR) is 85.4 cm³/mol. The first-order chi connectivity index (χ1) is 10.9. The summed E-state index contributed by atoms with van der Waals surface area (Å²) >= 11 is 0. The fourth-order valence-electron chi connectivity index (χ4n) is 3.24. The molecule has 2 aliphatic rings. The average molecular weight is 341 g/mol. The molecule has 2 aliphatic heterocycles. The van der Waals surface area contributed by atoms with Crippen LogP contribution in [0, 0.1) is 0 Å². The van der Waals surface area contributed by atoms with Crippen molar-refractivity contribution in [1.82, 2.24) is 13.6 Å².